The summed E-state index contributed by atoms with van der Waals surface area (Å²) in [5.41, 5.74) is 0.967. The normalized spacial score (nSPS) is 22.8. The number of carbonyl (C=O) groups is 1. The monoisotopic (exact) mass is 267 g/mol. The smallest absolute Gasteiger partial charge is 0.308 e. The lowest BCUT2D eigenvalue weighted by Gasteiger charge is -2.46. The van der Waals surface area contributed by atoms with E-state index >= 15 is 0 Å². The van der Waals surface area contributed by atoms with E-state index in [-0.39, 0.29) is 11.5 Å². The maximum Gasteiger partial charge on any atom is 0.308 e. The van der Waals surface area contributed by atoms with Gasteiger partial charge in [-0.2, -0.15) is 0 Å². The van der Waals surface area contributed by atoms with Crippen molar-refractivity contribution in [3.63, 3.8) is 0 Å². The van der Waals surface area contributed by atoms with Crippen LogP contribution in [0, 0.1) is 5.92 Å². The number of aliphatic carboxylic acids is 1. The van der Waals surface area contributed by atoms with Crippen LogP contribution < -0.4 is 4.90 Å². The number of halogens is 1. The molecule has 98 valence electrons. The second-order valence-corrected chi connectivity index (χ2v) is 5.91. The average Bonchev–Trinajstić information content (AvgIpc) is 2.28. The van der Waals surface area contributed by atoms with Gasteiger partial charge in [0.15, 0.2) is 0 Å². The molecule has 1 aromatic rings. The zero-order valence-electron chi connectivity index (χ0n) is 10.7. The highest BCUT2D eigenvalue weighted by Crippen LogP contribution is 2.35. The fourth-order valence-corrected chi connectivity index (χ4v) is 2.71. The SMILES string of the molecule is CC1(C)CCC(C(=O)O)CN1c1cccc(Cl)c1. The first-order chi connectivity index (χ1) is 8.40. The standard InChI is InChI=1S/C14H18ClNO2/c1-14(2)7-6-10(13(17)18)9-16(14)12-5-3-4-11(15)8-12/h3-5,8,10H,6-7,9H2,1-2H3,(H,17,18). The lowest BCUT2D eigenvalue weighted by molar-refractivity contribution is -0.142. The number of hydrogen-bond donors (Lipinski definition) is 1. The van der Waals surface area contributed by atoms with Crippen LogP contribution in [0.4, 0.5) is 5.69 Å². The summed E-state index contributed by atoms with van der Waals surface area (Å²) in [5.74, 6) is -1.01. The van der Waals surface area contributed by atoms with Gasteiger partial charge in [-0.25, -0.2) is 0 Å². The van der Waals surface area contributed by atoms with E-state index in [0.717, 1.165) is 18.5 Å². The molecule has 4 heteroatoms. The number of rotatable bonds is 2. The molecule has 18 heavy (non-hydrogen) atoms. The van der Waals surface area contributed by atoms with Crippen LogP contribution in [0.15, 0.2) is 24.3 Å². The van der Waals surface area contributed by atoms with E-state index in [9.17, 15) is 9.90 Å². The molecular formula is C14H18ClNO2. The van der Waals surface area contributed by atoms with Crippen LogP contribution >= 0.6 is 11.6 Å². The molecule has 1 N–H and O–H groups in total. The van der Waals surface area contributed by atoms with Gasteiger partial charge in [0, 0.05) is 22.8 Å². The van der Waals surface area contributed by atoms with E-state index in [0.29, 0.717) is 11.6 Å². The van der Waals surface area contributed by atoms with E-state index in [4.69, 9.17) is 11.6 Å². The first kappa shape index (κ1) is 13.2. The maximum absolute atomic E-state index is 11.2. The first-order valence-corrected chi connectivity index (χ1v) is 6.54. The molecule has 0 amide bonds. The molecule has 1 heterocycles. The minimum absolute atomic E-state index is 0.0311. The van der Waals surface area contributed by atoms with Crippen molar-refractivity contribution < 1.29 is 9.90 Å². The number of piperidine rings is 1. The summed E-state index contributed by atoms with van der Waals surface area (Å²) in [6.07, 6.45) is 1.61. The van der Waals surface area contributed by atoms with Gasteiger partial charge in [-0.05, 0) is 44.9 Å². The second-order valence-electron chi connectivity index (χ2n) is 5.48. The Morgan fingerprint density at radius 3 is 2.83 bits per heavy atom. The number of benzene rings is 1. The molecule has 1 fully saturated rings. The largest absolute Gasteiger partial charge is 0.481 e. The summed E-state index contributed by atoms with van der Waals surface area (Å²) in [5, 5.41) is 9.86. The van der Waals surface area contributed by atoms with Gasteiger partial charge in [0.1, 0.15) is 0 Å². The van der Waals surface area contributed by atoms with Gasteiger partial charge in [-0.1, -0.05) is 17.7 Å². The van der Waals surface area contributed by atoms with Crippen LogP contribution in [-0.2, 0) is 4.79 Å². The second kappa shape index (κ2) is 4.81. The Hall–Kier alpha value is -1.22. The zero-order valence-corrected chi connectivity index (χ0v) is 11.4. The number of carboxylic acids is 1. The highest BCUT2D eigenvalue weighted by Gasteiger charge is 2.37. The van der Waals surface area contributed by atoms with Crippen molar-refractivity contribution in [1.82, 2.24) is 0 Å². The molecule has 1 aromatic carbocycles. The third-order valence-electron chi connectivity index (χ3n) is 3.71. The molecule has 0 radical (unpaired) electrons. The summed E-state index contributed by atoms with van der Waals surface area (Å²) in [6.45, 7) is 4.83. The van der Waals surface area contributed by atoms with Crippen LogP contribution in [0.2, 0.25) is 5.02 Å². The Balaban J connectivity index is 2.30. The number of anilines is 1. The van der Waals surface area contributed by atoms with E-state index in [1.807, 2.05) is 24.3 Å². The predicted octanol–water partition coefficient (Wildman–Crippen LogP) is 3.42. The van der Waals surface area contributed by atoms with E-state index in [1.54, 1.807) is 0 Å². The highest BCUT2D eigenvalue weighted by molar-refractivity contribution is 6.30. The zero-order chi connectivity index (χ0) is 13.3. The topological polar surface area (TPSA) is 40.5 Å². The van der Waals surface area contributed by atoms with Crippen LogP contribution in [0.25, 0.3) is 0 Å². The molecule has 1 saturated heterocycles. The van der Waals surface area contributed by atoms with Crippen molar-refractivity contribution >= 4 is 23.3 Å². The fourth-order valence-electron chi connectivity index (χ4n) is 2.52. The maximum atomic E-state index is 11.2. The van der Waals surface area contributed by atoms with Crippen LogP contribution in [0.5, 0.6) is 0 Å². The molecule has 0 aliphatic carbocycles. The molecule has 1 aliphatic rings. The van der Waals surface area contributed by atoms with E-state index < -0.39 is 5.97 Å². The molecule has 0 aromatic heterocycles. The molecule has 0 saturated carbocycles. The lowest BCUT2D eigenvalue weighted by Crippen LogP contribution is -2.52. The molecular weight excluding hydrogens is 250 g/mol. The van der Waals surface area contributed by atoms with Crippen molar-refractivity contribution in [2.45, 2.75) is 32.2 Å². The number of hydrogen-bond acceptors (Lipinski definition) is 2. The molecule has 1 aliphatic heterocycles. The van der Waals surface area contributed by atoms with Gasteiger partial charge in [-0.15, -0.1) is 0 Å². The lowest BCUT2D eigenvalue weighted by atomic mass is 9.84. The average molecular weight is 268 g/mol. The summed E-state index contributed by atoms with van der Waals surface area (Å²) in [7, 11) is 0. The Morgan fingerprint density at radius 2 is 2.22 bits per heavy atom. The fraction of sp³-hybridized carbons (Fsp3) is 0.500. The van der Waals surface area contributed by atoms with Crippen molar-refractivity contribution in [2.75, 3.05) is 11.4 Å². The molecule has 2 rings (SSSR count). The quantitative estimate of drug-likeness (QED) is 0.893. The Morgan fingerprint density at radius 1 is 1.50 bits per heavy atom. The minimum Gasteiger partial charge on any atom is -0.481 e. The minimum atomic E-state index is -0.711. The summed E-state index contributed by atoms with van der Waals surface area (Å²) < 4.78 is 0. The molecule has 0 spiro atoms. The van der Waals surface area contributed by atoms with Gasteiger partial charge in [0.2, 0.25) is 0 Å². The van der Waals surface area contributed by atoms with Crippen molar-refractivity contribution in [3.05, 3.63) is 29.3 Å². The molecule has 1 unspecified atom stereocenters. The summed E-state index contributed by atoms with van der Waals surface area (Å²) in [4.78, 5) is 13.3. The predicted molar refractivity (Wildman–Crippen MR) is 73.2 cm³/mol. The van der Waals surface area contributed by atoms with Gasteiger partial charge in [0.05, 0.1) is 5.92 Å². The third-order valence-corrected chi connectivity index (χ3v) is 3.94. The highest BCUT2D eigenvalue weighted by atomic mass is 35.5. The Labute approximate surface area is 112 Å². The third kappa shape index (κ3) is 2.61. The summed E-state index contributed by atoms with van der Waals surface area (Å²) >= 11 is 6.01. The Bertz CT molecular complexity index is 459. The Kier molecular flexibility index (Phi) is 3.53. The van der Waals surface area contributed by atoms with Crippen molar-refractivity contribution in [2.24, 2.45) is 5.92 Å². The van der Waals surface area contributed by atoms with Crippen LogP contribution in [0.1, 0.15) is 26.7 Å². The van der Waals surface area contributed by atoms with Crippen LogP contribution in [0.3, 0.4) is 0 Å². The molecule has 1 atom stereocenters. The van der Waals surface area contributed by atoms with Gasteiger partial charge >= 0.3 is 5.97 Å². The van der Waals surface area contributed by atoms with Crippen molar-refractivity contribution in [3.8, 4) is 0 Å². The molecule has 0 bridgehead atoms. The summed E-state index contributed by atoms with van der Waals surface area (Å²) in [6, 6.07) is 7.61. The number of nitrogens with zero attached hydrogens (tertiary/aromatic N) is 1. The van der Waals surface area contributed by atoms with E-state index in [2.05, 4.69) is 18.7 Å². The van der Waals surface area contributed by atoms with Crippen molar-refractivity contribution in [1.29, 1.82) is 0 Å². The first-order valence-electron chi connectivity index (χ1n) is 6.16. The number of carboxylic acid groups (broad SMARTS) is 1. The van der Waals surface area contributed by atoms with E-state index in [1.165, 1.54) is 0 Å². The van der Waals surface area contributed by atoms with Gasteiger partial charge in [-0.3, -0.25) is 4.79 Å². The van der Waals surface area contributed by atoms with Gasteiger partial charge < -0.3 is 10.0 Å². The molecule has 3 nitrogen and oxygen atoms in total. The van der Waals surface area contributed by atoms with Crippen LogP contribution in [-0.4, -0.2) is 23.2 Å². The van der Waals surface area contributed by atoms with Gasteiger partial charge in [0.25, 0.3) is 0 Å².